The zero-order chi connectivity index (χ0) is 19.0. The quantitative estimate of drug-likeness (QED) is 0.661. The molecular formula is C21H18ClFN2OS. The monoisotopic (exact) mass is 400 g/mol. The van der Waals surface area contributed by atoms with Gasteiger partial charge in [-0.05, 0) is 40.8 Å². The summed E-state index contributed by atoms with van der Waals surface area (Å²) in [6.07, 6.45) is 2.44. The molecule has 4 rings (SSSR count). The highest BCUT2D eigenvalue weighted by Crippen LogP contribution is 2.46. The van der Waals surface area contributed by atoms with Gasteiger partial charge in [-0.2, -0.15) is 11.3 Å². The zero-order valence-corrected chi connectivity index (χ0v) is 16.2. The van der Waals surface area contributed by atoms with E-state index in [0.717, 1.165) is 16.8 Å². The van der Waals surface area contributed by atoms with E-state index in [-0.39, 0.29) is 11.7 Å². The molecule has 0 amide bonds. The smallest absolute Gasteiger partial charge is 0.128 e. The van der Waals surface area contributed by atoms with Gasteiger partial charge in [-0.25, -0.2) is 4.39 Å². The van der Waals surface area contributed by atoms with E-state index in [1.54, 1.807) is 41.9 Å². The van der Waals surface area contributed by atoms with Crippen LogP contribution in [0.1, 0.15) is 28.7 Å². The number of hydrogen-bond acceptors (Lipinski definition) is 4. The first-order chi connectivity index (χ1) is 13.1. The van der Waals surface area contributed by atoms with Crippen molar-refractivity contribution in [2.75, 3.05) is 13.6 Å². The normalized spacial score (nSPS) is 18.2. The van der Waals surface area contributed by atoms with Crippen LogP contribution in [0, 0.1) is 5.82 Å². The SMILES string of the molecule is CN1CC(c2ccc(Cl)cc2F)C(C(O)c2cccnc2)=C1c1ccsc1. The number of thiophene rings is 1. The molecule has 2 atom stereocenters. The van der Waals surface area contributed by atoms with Gasteiger partial charge in [0.25, 0.3) is 0 Å². The van der Waals surface area contributed by atoms with Crippen molar-refractivity contribution < 1.29 is 9.50 Å². The van der Waals surface area contributed by atoms with Crippen molar-refractivity contribution in [2.24, 2.45) is 0 Å². The van der Waals surface area contributed by atoms with Crippen LogP contribution in [0.4, 0.5) is 4.39 Å². The van der Waals surface area contributed by atoms with Crippen LogP contribution in [0.15, 0.2) is 65.1 Å². The summed E-state index contributed by atoms with van der Waals surface area (Å²) in [5.41, 5.74) is 3.97. The zero-order valence-electron chi connectivity index (χ0n) is 14.6. The Balaban J connectivity index is 1.89. The van der Waals surface area contributed by atoms with Gasteiger partial charge in [0.15, 0.2) is 0 Å². The number of halogens is 2. The van der Waals surface area contributed by atoms with Crippen LogP contribution in [0.3, 0.4) is 0 Å². The van der Waals surface area contributed by atoms with Crippen LogP contribution in [0.5, 0.6) is 0 Å². The Morgan fingerprint density at radius 1 is 1.33 bits per heavy atom. The fourth-order valence-electron chi connectivity index (χ4n) is 3.72. The maximum absolute atomic E-state index is 14.7. The summed E-state index contributed by atoms with van der Waals surface area (Å²) in [6, 6.07) is 10.4. The minimum Gasteiger partial charge on any atom is -0.384 e. The molecule has 0 bridgehead atoms. The fraction of sp³-hybridized carbons (Fsp3) is 0.190. The number of aliphatic hydroxyl groups is 1. The molecule has 3 heterocycles. The van der Waals surface area contributed by atoms with Crippen molar-refractivity contribution in [2.45, 2.75) is 12.0 Å². The first-order valence-electron chi connectivity index (χ1n) is 8.57. The summed E-state index contributed by atoms with van der Waals surface area (Å²) in [5.74, 6) is -0.638. The Hall–Kier alpha value is -2.21. The number of likely N-dealkylation sites (N-methyl/N-ethyl adjacent to an activating group) is 1. The molecule has 1 N–H and O–H groups in total. The van der Waals surface area contributed by atoms with E-state index in [2.05, 4.69) is 9.88 Å². The molecule has 2 aromatic heterocycles. The van der Waals surface area contributed by atoms with Crippen LogP contribution >= 0.6 is 22.9 Å². The Labute approximate surface area is 166 Å². The van der Waals surface area contributed by atoms with Crippen molar-refractivity contribution in [1.82, 2.24) is 9.88 Å². The largest absolute Gasteiger partial charge is 0.384 e. The van der Waals surface area contributed by atoms with Gasteiger partial charge in [0.2, 0.25) is 0 Å². The Kier molecular flexibility index (Phi) is 5.00. The molecule has 3 aromatic rings. The standard InChI is InChI=1S/C21H18ClFN2OS/c1-25-11-17(16-5-4-15(22)9-18(16)23)19(20(25)14-6-8-27-12-14)21(26)13-3-2-7-24-10-13/h2-10,12,17,21,26H,11H2,1H3. The molecule has 1 aromatic carbocycles. The second-order valence-corrected chi connectivity index (χ2v) is 7.82. The molecule has 0 saturated heterocycles. The van der Waals surface area contributed by atoms with E-state index >= 15 is 0 Å². The summed E-state index contributed by atoms with van der Waals surface area (Å²) < 4.78 is 14.7. The van der Waals surface area contributed by atoms with Crippen molar-refractivity contribution in [3.05, 3.63) is 92.7 Å². The number of nitrogens with zero attached hydrogens (tertiary/aromatic N) is 2. The predicted molar refractivity (Wildman–Crippen MR) is 107 cm³/mol. The van der Waals surface area contributed by atoms with E-state index < -0.39 is 6.10 Å². The molecule has 0 saturated carbocycles. The average Bonchev–Trinajstić information content (AvgIpc) is 3.29. The van der Waals surface area contributed by atoms with Crippen LogP contribution in [0.25, 0.3) is 5.70 Å². The Morgan fingerprint density at radius 3 is 2.85 bits per heavy atom. The second kappa shape index (κ2) is 7.43. The van der Waals surface area contributed by atoms with Crippen molar-refractivity contribution in [1.29, 1.82) is 0 Å². The summed E-state index contributed by atoms with van der Waals surface area (Å²) in [4.78, 5) is 6.20. The van der Waals surface area contributed by atoms with Gasteiger partial charge in [0.1, 0.15) is 11.9 Å². The Bertz CT molecular complexity index is 975. The lowest BCUT2D eigenvalue weighted by Gasteiger charge is -2.21. The number of hydrogen-bond donors (Lipinski definition) is 1. The predicted octanol–water partition coefficient (Wildman–Crippen LogP) is 5.11. The number of pyridine rings is 1. The van der Waals surface area contributed by atoms with Gasteiger partial charge in [-0.3, -0.25) is 4.98 Å². The summed E-state index contributed by atoms with van der Waals surface area (Å²) in [5, 5.41) is 15.6. The van der Waals surface area contributed by atoms with Gasteiger partial charge in [-0.1, -0.05) is 23.7 Å². The molecule has 138 valence electrons. The lowest BCUT2D eigenvalue weighted by molar-refractivity contribution is 0.209. The Morgan fingerprint density at radius 2 is 2.19 bits per heavy atom. The summed E-state index contributed by atoms with van der Waals surface area (Å²) >= 11 is 7.53. The number of benzene rings is 1. The minimum absolute atomic E-state index is 0.280. The molecule has 6 heteroatoms. The second-order valence-electron chi connectivity index (χ2n) is 6.60. The topological polar surface area (TPSA) is 36.4 Å². The maximum atomic E-state index is 14.7. The highest BCUT2D eigenvalue weighted by atomic mass is 35.5. The number of aromatic nitrogens is 1. The molecule has 0 fully saturated rings. The van der Waals surface area contributed by atoms with Crippen LogP contribution in [0.2, 0.25) is 5.02 Å². The molecule has 0 spiro atoms. The van der Waals surface area contributed by atoms with Gasteiger partial charge in [0.05, 0.1) is 0 Å². The van der Waals surface area contributed by atoms with E-state index in [1.165, 1.54) is 6.07 Å². The van der Waals surface area contributed by atoms with Crippen molar-refractivity contribution in [3.8, 4) is 0 Å². The van der Waals surface area contributed by atoms with Gasteiger partial charge >= 0.3 is 0 Å². The molecule has 0 radical (unpaired) electrons. The van der Waals surface area contributed by atoms with Crippen molar-refractivity contribution >= 4 is 28.6 Å². The van der Waals surface area contributed by atoms with E-state index in [4.69, 9.17) is 11.6 Å². The third-order valence-corrected chi connectivity index (χ3v) is 5.83. The lowest BCUT2D eigenvalue weighted by Crippen LogP contribution is -2.16. The molecule has 1 aliphatic heterocycles. The highest BCUT2D eigenvalue weighted by molar-refractivity contribution is 7.08. The van der Waals surface area contributed by atoms with Gasteiger partial charge < -0.3 is 10.0 Å². The van der Waals surface area contributed by atoms with E-state index in [1.807, 2.05) is 29.9 Å². The summed E-state index contributed by atoms with van der Waals surface area (Å²) in [6.45, 7) is 0.580. The van der Waals surface area contributed by atoms with Crippen molar-refractivity contribution in [3.63, 3.8) is 0 Å². The fourth-order valence-corrected chi connectivity index (χ4v) is 4.52. The first kappa shape index (κ1) is 18.2. The van der Waals surface area contributed by atoms with E-state index in [0.29, 0.717) is 22.7 Å². The molecular weight excluding hydrogens is 383 g/mol. The third-order valence-electron chi connectivity index (χ3n) is 4.91. The molecule has 1 aliphatic rings. The first-order valence-corrected chi connectivity index (χ1v) is 9.89. The van der Waals surface area contributed by atoms with Gasteiger partial charge in [-0.15, -0.1) is 0 Å². The van der Waals surface area contributed by atoms with Gasteiger partial charge in [0, 0.05) is 59.1 Å². The van der Waals surface area contributed by atoms with E-state index in [9.17, 15) is 9.50 Å². The minimum atomic E-state index is -0.876. The van der Waals surface area contributed by atoms with Crippen LogP contribution in [-0.4, -0.2) is 28.6 Å². The number of rotatable bonds is 4. The summed E-state index contributed by atoms with van der Waals surface area (Å²) in [7, 11) is 1.97. The van der Waals surface area contributed by atoms with Crippen LogP contribution < -0.4 is 0 Å². The lowest BCUT2D eigenvalue weighted by atomic mass is 9.86. The maximum Gasteiger partial charge on any atom is 0.128 e. The molecule has 3 nitrogen and oxygen atoms in total. The van der Waals surface area contributed by atoms with Crippen LogP contribution in [-0.2, 0) is 0 Å². The third kappa shape index (κ3) is 3.38. The number of aliphatic hydroxyl groups excluding tert-OH is 1. The molecule has 0 aliphatic carbocycles. The molecule has 27 heavy (non-hydrogen) atoms. The highest BCUT2D eigenvalue weighted by Gasteiger charge is 2.37. The molecule has 2 unspecified atom stereocenters. The average molecular weight is 401 g/mol.